The quantitative estimate of drug-likeness (QED) is 0.672. The zero-order valence-electron chi connectivity index (χ0n) is 11.0. The van der Waals surface area contributed by atoms with Crippen molar-refractivity contribution in [2.24, 2.45) is 0 Å². The first-order chi connectivity index (χ1) is 9.45. The molecule has 2 aromatic carbocycles. The number of rotatable bonds is 8. The molecule has 2 heteroatoms. The van der Waals surface area contributed by atoms with E-state index in [1.165, 1.54) is 5.56 Å². The van der Waals surface area contributed by atoms with E-state index >= 15 is 0 Å². The number of ether oxygens (including phenoxy) is 2. The number of aryl methyl sites for hydroxylation is 1. The highest BCUT2D eigenvalue weighted by atomic mass is 16.5. The predicted octanol–water partition coefficient (Wildman–Crippen LogP) is 3.51. The predicted molar refractivity (Wildman–Crippen MR) is 76.4 cm³/mol. The lowest BCUT2D eigenvalue weighted by atomic mass is 10.1. The van der Waals surface area contributed by atoms with Gasteiger partial charge in [0.1, 0.15) is 12.4 Å². The second kappa shape index (κ2) is 8.33. The first-order valence-corrected chi connectivity index (χ1v) is 6.66. The van der Waals surface area contributed by atoms with Crippen LogP contribution in [0.1, 0.15) is 12.0 Å². The Kier molecular flexibility index (Phi) is 5.97. The third-order valence-electron chi connectivity index (χ3n) is 2.78. The van der Waals surface area contributed by atoms with Crippen LogP contribution in [0.15, 0.2) is 54.6 Å². The molecule has 0 unspecified atom stereocenters. The normalized spacial score (nSPS) is 10.3. The van der Waals surface area contributed by atoms with Crippen LogP contribution in [0, 0.1) is 6.07 Å². The molecule has 0 aliphatic rings. The van der Waals surface area contributed by atoms with E-state index in [1.807, 2.05) is 42.5 Å². The van der Waals surface area contributed by atoms with Crippen LogP contribution in [0.3, 0.4) is 0 Å². The van der Waals surface area contributed by atoms with Crippen LogP contribution in [0.4, 0.5) is 0 Å². The van der Waals surface area contributed by atoms with Gasteiger partial charge < -0.3 is 9.47 Å². The van der Waals surface area contributed by atoms with Crippen molar-refractivity contribution in [3.8, 4) is 5.75 Å². The van der Waals surface area contributed by atoms with Gasteiger partial charge in [0.15, 0.2) is 0 Å². The molecule has 2 aromatic rings. The Bertz CT molecular complexity index is 396. The lowest BCUT2D eigenvalue weighted by molar-refractivity contribution is 0.0985. The third-order valence-corrected chi connectivity index (χ3v) is 2.78. The molecule has 2 nitrogen and oxygen atoms in total. The standard InChI is InChI=1S/C17H19O2/c1-3-8-16(9-4-1)10-7-13-18-14-15-19-17-11-5-2-6-12-17/h2-6,8-9,11-12H,7,10,13-15H2. The monoisotopic (exact) mass is 255 g/mol. The van der Waals surface area contributed by atoms with Crippen molar-refractivity contribution in [3.63, 3.8) is 0 Å². The molecule has 0 aliphatic carbocycles. The SMILES string of the molecule is [c]1ccc(CCCOCCOc2ccccc2)cc1. The van der Waals surface area contributed by atoms with Crippen molar-refractivity contribution < 1.29 is 9.47 Å². The minimum atomic E-state index is 0.601. The van der Waals surface area contributed by atoms with Gasteiger partial charge in [-0.25, -0.2) is 0 Å². The molecule has 0 saturated heterocycles. The molecule has 2 rings (SSSR count). The average Bonchev–Trinajstić information content (AvgIpc) is 2.48. The van der Waals surface area contributed by atoms with Crippen molar-refractivity contribution >= 4 is 0 Å². The first-order valence-electron chi connectivity index (χ1n) is 6.66. The fraction of sp³-hybridized carbons (Fsp3) is 0.294. The summed E-state index contributed by atoms with van der Waals surface area (Å²) in [6.45, 7) is 2.01. The summed E-state index contributed by atoms with van der Waals surface area (Å²) in [4.78, 5) is 0. The molecule has 0 aliphatic heterocycles. The maximum absolute atomic E-state index is 5.54. The fourth-order valence-electron chi connectivity index (χ4n) is 1.80. The molecule has 0 fully saturated rings. The number of hydrogen-bond donors (Lipinski definition) is 0. The largest absolute Gasteiger partial charge is 0.491 e. The average molecular weight is 255 g/mol. The topological polar surface area (TPSA) is 18.5 Å². The second-order valence-corrected chi connectivity index (χ2v) is 4.29. The highest BCUT2D eigenvalue weighted by molar-refractivity contribution is 5.20. The van der Waals surface area contributed by atoms with Gasteiger partial charge in [0, 0.05) is 6.61 Å². The van der Waals surface area contributed by atoms with Gasteiger partial charge in [-0.05, 0) is 36.6 Å². The molecular formula is C17H19O2. The van der Waals surface area contributed by atoms with Crippen molar-refractivity contribution in [1.29, 1.82) is 0 Å². The Hall–Kier alpha value is -1.80. The van der Waals surface area contributed by atoms with Gasteiger partial charge in [-0.2, -0.15) is 0 Å². The number of hydrogen-bond acceptors (Lipinski definition) is 2. The summed E-state index contributed by atoms with van der Waals surface area (Å²) >= 11 is 0. The van der Waals surface area contributed by atoms with Crippen molar-refractivity contribution in [1.82, 2.24) is 0 Å². The van der Waals surface area contributed by atoms with E-state index in [1.54, 1.807) is 0 Å². The zero-order valence-corrected chi connectivity index (χ0v) is 11.0. The molecular weight excluding hydrogens is 236 g/mol. The Morgan fingerprint density at radius 3 is 2.42 bits per heavy atom. The molecule has 0 spiro atoms. The Balaban J connectivity index is 1.49. The van der Waals surface area contributed by atoms with Crippen LogP contribution in [0.2, 0.25) is 0 Å². The second-order valence-electron chi connectivity index (χ2n) is 4.29. The summed E-state index contributed by atoms with van der Waals surface area (Å²) in [5, 5.41) is 0. The summed E-state index contributed by atoms with van der Waals surface area (Å²) in [7, 11) is 0. The van der Waals surface area contributed by atoms with Crippen molar-refractivity contribution in [2.45, 2.75) is 12.8 Å². The van der Waals surface area contributed by atoms with Gasteiger partial charge in [-0.1, -0.05) is 42.5 Å². The van der Waals surface area contributed by atoms with E-state index in [9.17, 15) is 0 Å². The summed E-state index contributed by atoms with van der Waals surface area (Å²) in [5.74, 6) is 0.895. The van der Waals surface area contributed by atoms with Crippen molar-refractivity contribution in [3.05, 3.63) is 66.2 Å². The van der Waals surface area contributed by atoms with Gasteiger partial charge in [-0.15, -0.1) is 0 Å². The Morgan fingerprint density at radius 2 is 1.63 bits per heavy atom. The molecule has 0 bridgehead atoms. The minimum absolute atomic E-state index is 0.601. The van der Waals surface area contributed by atoms with Crippen LogP contribution in [0.25, 0.3) is 0 Å². The zero-order chi connectivity index (χ0) is 13.2. The van der Waals surface area contributed by atoms with E-state index in [0.29, 0.717) is 13.2 Å². The molecule has 0 aromatic heterocycles. The Morgan fingerprint density at radius 1 is 0.842 bits per heavy atom. The Labute approximate surface area is 115 Å². The molecule has 0 heterocycles. The maximum Gasteiger partial charge on any atom is 0.119 e. The van der Waals surface area contributed by atoms with E-state index < -0.39 is 0 Å². The number of benzene rings is 2. The van der Waals surface area contributed by atoms with Crippen LogP contribution in [-0.4, -0.2) is 19.8 Å². The van der Waals surface area contributed by atoms with Gasteiger partial charge in [-0.3, -0.25) is 0 Å². The van der Waals surface area contributed by atoms with Gasteiger partial charge in [0.25, 0.3) is 0 Å². The fourth-order valence-corrected chi connectivity index (χ4v) is 1.80. The van der Waals surface area contributed by atoms with Gasteiger partial charge in [0.2, 0.25) is 0 Å². The van der Waals surface area contributed by atoms with Crippen LogP contribution < -0.4 is 4.74 Å². The van der Waals surface area contributed by atoms with Crippen LogP contribution >= 0.6 is 0 Å². The molecule has 0 atom stereocenters. The highest BCUT2D eigenvalue weighted by Crippen LogP contribution is 2.07. The van der Waals surface area contributed by atoms with Crippen molar-refractivity contribution in [2.75, 3.05) is 19.8 Å². The van der Waals surface area contributed by atoms with E-state index in [0.717, 1.165) is 25.2 Å². The molecule has 0 amide bonds. The molecule has 1 radical (unpaired) electrons. The number of para-hydroxylation sites is 1. The molecule has 19 heavy (non-hydrogen) atoms. The third kappa shape index (κ3) is 5.58. The first kappa shape index (κ1) is 13.6. The van der Waals surface area contributed by atoms with Crippen LogP contribution in [0.5, 0.6) is 5.75 Å². The molecule has 0 saturated carbocycles. The van der Waals surface area contributed by atoms with Gasteiger partial charge >= 0.3 is 0 Å². The van der Waals surface area contributed by atoms with E-state index in [-0.39, 0.29) is 0 Å². The summed E-state index contributed by atoms with van der Waals surface area (Å²) in [5.41, 5.74) is 1.34. The smallest absolute Gasteiger partial charge is 0.119 e. The highest BCUT2D eigenvalue weighted by Gasteiger charge is 1.94. The molecule has 99 valence electrons. The van der Waals surface area contributed by atoms with Crippen LogP contribution in [-0.2, 0) is 11.2 Å². The summed E-state index contributed by atoms with van der Waals surface area (Å²) in [6.07, 6.45) is 2.09. The summed E-state index contributed by atoms with van der Waals surface area (Å²) in [6, 6.07) is 20.9. The maximum atomic E-state index is 5.54. The molecule has 0 N–H and O–H groups in total. The summed E-state index contributed by atoms with van der Waals surface area (Å²) < 4.78 is 11.1. The van der Waals surface area contributed by atoms with E-state index in [4.69, 9.17) is 9.47 Å². The lowest BCUT2D eigenvalue weighted by Gasteiger charge is -2.07. The lowest BCUT2D eigenvalue weighted by Crippen LogP contribution is -2.07. The van der Waals surface area contributed by atoms with E-state index in [2.05, 4.69) is 18.2 Å². The van der Waals surface area contributed by atoms with Gasteiger partial charge in [0.05, 0.1) is 6.61 Å². The minimum Gasteiger partial charge on any atom is -0.491 e.